The molecule has 34 heavy (non-hydrogen) atoms. The van der Waals surface area contributed by atoms with E-state index >= 15 is 0 Å². The van der Waals surface area contributed by atoms with Crippen LogP contribution >= 0.6 is 0 Å². The normalized spacial score (nSPS) is 54.2. The van der Waals surface area contributed by atoms with Gasteiger partial charge in [-0.3, -0.25) is 0 Å². The third-order valence-electron chi connectivity index (χ3n) is 12.9. The van der Waals surface area contributed by atoms with E-state index in [2.05, 4.69) is 13.8 Å². The molecule has 0 bridgehead atoms. The first-order chi connectivity index (χ1) is 16.4. The Labute approximate surface area is 204 Å². The van der Waals surface area contributed by atoms with E-state index in [-0.39, 0.29) is 33.9 Å². The summed E-state index contributed by atoms with van der Waals surface area (Å²) in [5, 5.41) is 0. The summed E-state index contributed by atoms with van der Waals surface area (Å²) in [6.45, 7) is 6.16. The minimum atomic E-state index is -0.345. The van der Waals surface area contributed by atoms with Crippen LogP contribution in [0.3, 0.4) is 0 Å². The predicted octanol–water partition coefficient (Wildman–Crippen LogP) is 5.00. The second-order valence-electron chi connectivity index (χ2n) is 13.3. The van der Waals surface area contributed by atoms with Crippen LogP contribution in [-0.4, -0.2) is 38.4 Å². The SMILES string of the molecule is C[C@]12CC[C@H]3[C@@H](CC[C@]4(C=O)CC(C=O)CC[C@]34C)[C@@H]1[C@@H]1CC[C@@H]1[C@@]2(C=O)CCC1OCCO1. The predicted molar refractivity (Wildman–Crippen MR) is 127 cm³/mol. The lowest BCUT2D eigenvalue weighted by atomic mass is 9.38. The lowest BCUT2D eigenvalue weighted by molar-refractivity contribution is -0.179. The molecular weight excluding hydrogens is 428 g/mol. The van der Waals surface area contributed by atoms with Crippen molar-refractivity contribution in [2.45, 2.75) is 90.8 Å². The van der Waals surface area contributed by atoms with Gasteiger partial charge in [0, 0.05) is 16.7 Å². The summed E-state index contributed by atoms with van der Waals surface area (Å²) < 4.78 is 11.5. The highest BCUT2D eigenvalue weighted by atomic mass is 16.7. The molecule has 6 rings (SSSR count). The molecule has 0 radical (unpaired) electrons. The van der Waals surface area contributed by atoms with Gasteiger partial charge >= 0.3 is 0 Å². The number of carbonyl (C=O) groups is 3. The van der Waals surface area contributed by atoms with Gasteiger partial charge in [-0.05, 0) is 111 Å². The minimum absolute atomic E-state index is 0.0181. The Morgan fingerprint density at radius 1 is 0.794 bits per heavy atom. The van der Waals surface area contributed by atoms with Gasteiger partial charge in [-0.2, -0.15) is 0 Å². The second-order valence-corrected chi connectivity index (χ2v) is 13.3. The number of hydrogen-bond acceptors (Lipinski definition) is 5. The second kappa shape index (κ2) is 7.96. The number of aldehydes is 3. The highest BCUT2D eigenvalue weighted by Gasteiger charge is 2.74. The fourth-order valence-corrected chi connectivity index (χ4v) is 11.0. The fraction of sp³-hybridized carbons (Fsp3) is 0.897. The zero-order valence-electron chi connectivity index (χ0n) is 21.0. The van der Waals surface area contributed by atoms with Crippen molar-refractivity contribution in [2.75, 3.05) is 13.2 Å². The Kier molecular flexibility index (Phi) is 5.47. The molecule has 1 saturated heterocycles. The van der Waals surface area contributed by atoms with Crippen LogP contribution < -0.4 is 0 Å². The van der Waals surface area contributed by atoms with E-state index in [1.807, 2.05) is 0 Å². The molecular formula is C29H42O5. The molecule has 188 valence electrons. The molecule has 5 saturated carbocycles. The van der Waals surface area contributed by atoms with Gasteiger partial charge in [0.15, 0.2) is 6.29 Å². The van der Waals surface area contributed by atoms with Gasteiger partial charge in [0.2, 0.25) is 0 Å². The maximum absolute atomic E-state index is 13.0. The van der Waals surface area contributed by atoms with E-state index in [0.717, 1.165) is 64.1 Å². The minimum Gasteiger partial charge on any atom is -0.350 e. The van der Waals surface area contributed by atoms with Gasteiger partial charge in [-0.15, -0.1) is 0 Å². The topological polar surface area (TPSA) is 69.7 Å². The molecule has 1 aliphatic heterocycles. The van der Waals surface area contributed by atoms with Crippen molar-refractivity contribution in [3.05, 3.63) is 0 Å². The van der Waals surface area contributed by atoms with E-state index in [1.165, 1.54) is 25.4 Å². The van der Waals surface area contributed by atoms with Crippen molar-refractivity contribution in [1.82, 2.24) is 0 Å². The van der Waals surface area contributed by atoms with Crippen LogP contribution in [0.1, 0.15) is 84.5 Å². The Balaban J connectivity index is 1.32. The molecule has 0 aromatic carbocycles. The number of rotatable bonds is 6. The molecule has 0 aromatic rings. The molecule has 6 aliphatic rings. The first-order valence-corrected chi connectivity index (χ1v) is 14.0. The third kappa shape index (κ3) is 2.77. The van der Waals surface area contributed by atoms with Crippen LogP contribution in [0.15, 0.2) is 0 Å². The molecule has 0 spiro atoms. The van der Waals surface area contributed by atoms with Gasteiger partial charge < -0.3 is 23.9 Å². The molecule has 0 amide bonds. The summed E-state index contributed by atoms with van der Waals surface area (Å²) >= 11 is 0. The van der Waals surface area contributed by atoms with E-state index in [4.69, 9.17) is 9.47 Å². The fourth-order valence-electron chi connectivity index (χ4n) is 11.0. The van der Waals surface area contributed by atoms with Crippen molar-refractivity contribution < 1.29 is 23.9 Å². The molecule has 5 aliphatic carbocycles. The smallest absolute Gasteiger partial charge is 0.157 e. The molecule has 6 fully saturated rings. The van der Waals surface area contributed by atoms with Crippen LogP contribution in [0.25, 0.3) is 0 Å². The van der Waals surface area contributed by atoms with Crippen LogP contribution in [-0.2, 0) is 23.9 Å². The van der Waals surface area contributed by atoms with Gasteiger partial charge in [0.25, 0.3) is 0 Å². The summed E-state index contributed by atoms with van der Waals surface area (Å²) in [6.07, 6.45) is 14.5. The number of hydrogen-bond donors (Lipinski definition) is 0. The number of carbonyl (C=O) groups excluding carboxylic acids is 3. The Morgan fingerprint density at radius 3 is 2.18 bits per heavy atom. The first kappa shape index (κ1) is 23.3. The van der Waals surface area contributed by atoms with Crippen LogP contribution in [0, 0.1) is 57.2 Å². The molecule has 5 nitrogen and oxygen atoms in total. The standard InChI is InChI=1S/C29H42O5/c1-26-9-5-19(16-30)15-28(26,17-31)11-6-21-22(26)7-10-27(2)25(21)20-3-4-23(20)29(27,18-32)12-8-24-33-13-14-34-24/h16-25H,3-15H2,1-2H3/t19?,20-,21-,22+,23+,25+,26-,27+,28-,29+/m1/s1. The average molecular weight is 471 g/mol. The third-order valence-corrected chi connectivity index (χ3v) is 12.9. The van der Waals surface area contributed by atoms with Gasteiger partial charge in [0.1, 0.15) is 18.9 Å². The molecule has 10 atom stereocenters. The zero-order chi connectivity index (χ0) is 23.8. The average Bonchev–Trinajstić information content (AvgIpc) is 3.39. The molecule has 0 aromatic heterocycles. The highest BCUT2D eigenvalue weighted by Crippen LogP contribution is 2.78. The first-order valence-electron chi connectivity index (χ1n) is 14.0. The van der Waals surface area contributed by atoms with Gasteiger partial charge in [-0.25, -0.2) is 0 Å². The van der Waals surface area contributed by atoms with Gasteiger partial charge in [-0.1, -0.05) is 13.8 Å². The van der Waals surface area contributed by atoms with Crippen LogP contribution in [0.5, 0.6) is 0 Å². The van der Waals surface area contributed by atoms with Crippen molar-refractivity contribution in [1.29, 1.82) is 0 Å². The van der Waals surface area contributed by atoms with E-state index in [1.54, 1.807) is 0 Å². The summed E-state index contributed by atoms with van der Waals surface area (Å²) in [5.74, 6) is 2.88. The lowest BCUT2D eigenvalue weighted by Gasteiger charge is -2.65. The maximum atomic E-state index is 13.0. The van der Waals surface area contributed by atoms with Crippen LogP contribution in [0.2, 0.25) is 0 Å². The highest BCUT2D eigenvalue weighted by molar-refractivity contribution is 5.66. The molecule has 0 N–H and O–H groups in total. The van der Waals surface area contributed by atoms with Crippen LogP contribution in [0.4, 0.5) is 0 Å². The summed E-state index contributed by atoms with van der Waals surface area (Å²) in [7, 11) is 0. The Bertz CT molecular complexity index is 851. The number of ether oxygens (including phenoxy) is 2. The molecule has 1 unspecified atom stereocenters. The van der Waals surface area contributed by atoms with Crippen molar-refractivity contribution in [3.8, 4) is 0 Å². The zero-order valence-corrected chi connectivity index (χ0v) is 21.0. The Morgan fingerprint density at radius 2 is 1.53 bits per heavy atom. The van der Waals surface area contributed by atoms with Gasteiger partial charge in [0.05, 0.1) is 13.2 Å². The summed E-state index contributed by atoms with van der Waals surface area (Å²) in [6, 6.07) is 0. The summed E-state index contributed by atoms with van der Waals surface area (Å²) in [5.41, 5.74) is -0.605. The quantitative estimate of drug-likeness (QED) is 0.511. The van der Waals surface area contributed by atoms with E-state index in [9.17, 15) is 14.4 Å². The molecule has 5 heteroatoms. The van der Waals surface area contributed by atoms with Crippen molar-refractivity contribution in [3.63, 3.8) is 0 Å². The van der Waals surface area contributed by atoms with Crippen molar-refractivity contribution >= 4 is 18.9 Å². The van der Waals surface area contributed by atoms with Crippen molar-refractivity contribution in [2.24, 2.45) is 57.2 Å². The lowest BCUT2D eigenvalue weighted by Crippen LogP contribution is -2.60. The number of fused-ring (bicyclic) bond motifs is 7. The van der Waals surface area contributed by atoms with E-state index in [0.29, 0.717) is 42.8 Å². The molecule has 1 heterocycles. The Hall–Kier alpha value is -1.07. The summed E-state index contributed by atoms with van der Waals surface area (Å²) in [4.78, 5) is 37.3. The maximum Gasteiger partial charge on any atom is 0.157 e. The largest absolute Gasteiger partial charge is 0.350 e. The monoisotopic (exact) mass is 470 g/mol. The van der Waals surface area contributed by atoms with E-state index < -0.39 is 0 Å².